The quantitative estimate of drug-likeness (QED) is 0.922. The fourth-order valence-electron chi connectivity index (χ4n) is 2.22. The number of nitrogens with one attached hydrogen (secondary N) is 1. The van der Waals surface area contributed by atoms with E-state index in [0.29, 0.717) is 12.1 Å². The molecule has 0 aliphatic heterocycles. The summed E-state index contributed by atoms with van der Waals surface area (Å²) in [6.45, 7) is 6.43. The zero-order chi connectivity index (χ0) is 16.1. The Hall–Kier alpha value is -2.43. The van der Waals surface area contributed by atoms with Crippen molar-refractivity contribution in [2.45, 2.75) is 39.8 Å². The summed E-state index contributed by atoms with van der Waals surface area (Å²) in [6, 6.07) is 6.75. The van der Waals surface area contributed by atoms with E-state index >= 15 is 0 Å². The fraction of sp³-hybridized carbons (Fsp3) is 0.353. The maximum atomic E-state index is 12.3. The molecule has 116 valence electrons. The molecule has 1 amide bonds. The molecule has 0 saturated carbocycles. The zero-order valence-electron chi connectivity index (χ0n) is 13.2. The van der Waals surface area contributed by atoms with E-state index < -0.39 is 0 Å². The second-order valence-electron chi connectivity index (χ2n) is 5.23. The molecule has 0 aliphatic rings. The number of carbonyl (C=O) groups excluding carboxylic acids is 1. The van der Waals surface area contributed by atoms with Crippen molar-refractivity contribution in [1.82, 2.24) is 14.9 Å². The summed E-state index contributed by atoms with van der Waals surface area (Å²) in [5.74, 6) is -0.255. The maximum absolute atomic E-state index is 12.3. The summed E-state index contributed by atoms with van der Waals surface area (Å²) < 4.78 is 1.55. The molecule has 2 rings (SSSR count). The number of aromatic nitrogens is 2. The monoisotopic (exact) mass is 299 g/mol. The van der Waals surface area contributed by atoms with Crippen molar-refractivity contribution in [3.8, 4) is 0 Å². The first kappa shape index (κ1) is 15.9. The maximum Gasteiger partial charge on any atom is 0.252 e. The summed E-state index contributed by atoms with van der Waals surface area (Å²) in [5.41, 5.74) is 2.10. The van der Waals surface area contributed by atoms with Gasteiger partial charge in [0.1, 0.15) is 0 Å². The highest BCUT2D eigenvalue weighted by molar-refractivity contribution is 5.94. The Labute approximate surface area is 130 Å². The van der Waals surface area contributed by atoms with Crippen LogP contribution in [0.5, 0.6) is 0 Å². The molecule has 0 spiro atoms. The standard InChI is InChI=1S/C17H21N3O2/c1-4-14(15-7-6-12(3)11-18-15)19-17(22)13-8-9-20(5-2)16(21)10-13/h6-11,14H,4-5H2,1-3H3,(H,19,22). The van der Waals surface area contributed by atoms with Crippen LogP contribution >= 0.6 is 0 Å². The third-order valence-corrected chi connectivity index (χ3v) is 3.60. The fourth-order valence-corrected chi connectivity index (χ4v) is 2.22. The first-order valence-electron chi connectivity index (χ1n) is 7.49. The third-order valence-electron chi connectivity index (χ3n) is 3.60. The van der Waals surface area contributed by atoms with Crippen LogP contribution in [-0.2, 0) is 6.54 Å². The lowest BCUT2D eigenvalue weighted by Crippen LogP contribution is -2.30. The average molecular weight is 299 g/mol. The first-order chi connectivity index (χ1) is 10.5. The molecular weight excluding hydrogens is 278 g/mol. The van der Waals surface area contributed by atoms with Crippen LogP contribution in [0.15, 0.2) is 41.5 Å². The van der Waals surface area contributed by atoms with Gasteiger partial charge < -0.3 is 9.88 Å². The Kier molecular flexibility index (Phi) is 5.09. The Bertz CT molecular complexity index is 705. The molecular formula is C17H21N3O2. The number of amides is 1. The Morgan fingerprint density at radius 1 is 1.32 bits per heavy atom. The van der Waals surface area contributed by atoms with E-state index in [2.05, 4.69) is 10.3 Å². The van der Waals surface area contributed by atoms with E-state index in [9.17, 15) is 9.59 Å². The molecule has 0 bridgehead atoms. The largest absolute Gasteiger partial charge is 0.344 e. The molecule has 5 heteroatoms. The van der Waals surface area contributed by atoms with E-state index in [-0.39, 0.29) is 17.5 Å². The van der Waals surface area contributed by atoms with E-state index in [4.69, 9.17) is 0 Å². The van der Waals surface area contributed by atoms with Crippen molar-refractivity contribution < 1.29 is 4.79 Å². The van der Waals surface area contributed by atoms with Crippen molar-refractivity contribution in [1.29, 1.82) is 0 Å². The number of hydrogen-bond donors (Lipinski definition) is 1. The second-order valence-corrected chi connectivity index (χ2v) is 5.23. The van der Waals surface area contributed by atoms with Crippen LogP contribution in [0, 0.1) is 6.92 Å². The number of pyridine rings is 2. The summed E-state index contributed by atoms with van der Waals surface area (Å²) in [5, 5.41) is 2.93. The molecule has 1 unspecified atom stereocenters. The van der Waals surface area contributed by atoms with Crippen molar-refractivity contribution >= 4 is 5.91 Å². The molecule has 0 radical (unpaired) electrons. The van der Waals surface area contributed by atoms with Gasteiger partial charge in [0.25, 0.3) is 11.5 Å². The minimum atomic E-state index is -0.255. The van der Waals surface area contributed by atoms with Gasteiger partial charge in [0.15, 0.2) is 0 Å². The molecule has 2 aromatic rings. The average Bonchev–Trinajstić information content (AvgIpc) is 2.53. The second kappa shape index (κ2) is 7.02. The normalized spacial score (nSPS) is 12.0. The van der Waals surface area contributed by atoms with Gasteiger partial charge in [-0.05, 0) is 38.0 Å². The van der Waals surface area contributed by atoms with E-state index in [1.807, 2.05) is 32.9 Å². The van der Waals surface area contributed by atoms with Gasteiger partial charge in [-0.25, -0.2) is 0 Å². The topological polar surface area (TPSA) is 64.0 Å². The number of rotatable bonds is 5. The molecule has 0 aliphatic carbocycles. The van der Waals surface area contributed by atoms with Gasteiger partial charge in [0, 0.05) is 30.6 Å². The van der Waals surface area contributed by atoms with Crippen LogP contribution in [-0.4, -0.2) is 15.5 Å². The lowest BCUT2D eigenvalue weighted by atomic mass is 10.1. The van der Waals surface area contributed by atoms with Crippen LogP contribution < -0.4 is 10.9 Å². The summed E-state index contributed by atoms with van der Waals surface area (Å²) in [7, 11) is 0. The van der Waals surface area contributed by atoms with Crippen molar-refractivity contribution in [2.24, 2.45) is 0 Å². The summed E-state index contributed by atoms with van der Waals surface area (Å²) in [6.07, 6.45) is 4.16. The van der Waals surface area contributed by atoms with Crippen molar-refractivity contribution in [2.75, 3.05) is 0 Å². The van der Waals surface area contributed by atoms with Gasteiger partial charge in [-0.15, -0.1) is 0 Å². The van der Waals surface area contributed by atoms with Crippen LogP contribution in [0.1, 0.15) is 47.9 Å². The van der Waals surface area contributed by atoms with E-state index in [1.54, 1.807) is 23.0 Å². The van der Waals surface area contributed by atoms with Gasteiger partial charge in [-0.3, -0.25) is 14.6 Å². The van der Waals surface area contributed by atoms with Gasteiger partial charge in [-0.2, -0.15) is 0 Å². The summed E-state index contributed by atoms with van der Waals surface area (Å²) >= 11 is 0. The van der Waals surface area contributed by atoms with Gasteiger partial charge in [-0.1, -0.05) is 13.0 Å². The highest BCUT2D eigenvalue weighted by atomic mass is 16.2. The highest BCUT2D eigenvalue weighted by Crippen LogP contribution is 2.15. The van der Waals surface area contributed by atoms with Crippen LogP contribution in [0.3, 0.4) is 0 Å². The third kappa shape index (κ3) is 3.61. The smallest absolute Gasteiger partial charge is 0.252 e. The molecule has 2 aromatic heterocycles. The Morgan fingerprint density at radius 2 is 2.09 bits per heavy atom. The van der Waals surface area contributed by atoms with E-state index in [1.165, 1.54) is 6.07 Å². The highest BCUT2D eigenvalue weighted by Gasteiger charge is 2.15. The Balaban J connectivity index is 2.17. The minimum Gasteiger partial charge on any atom is -0.344 e. The number of carbonyl (C=O) groups is 1. The minimum absolute atomic E-state index is 0.165. The zero-order valence-corrected chi connectivity index (χ0v) is 13.2. The van der Waals surface area contributed by atoms with Crippen LogP contribution in [0.25, 0.3) is 0 Å². The Morgan fingerprint density at radius 3 is 2.64 bits per heavy atom. The predicted octanol–water partition coefficient (Wildman–Crippen LogP) is 2.45. The van der Waals surface area contributed by atoms with Gasteiger partial charge in [0.2, 0.25) is 0 Å². The van der Waals surface area contributed by atoms with Crippen LogP contribution in [0.4, 0.5) is 0 Å². The van der Waals surface area contributed by atoms with Crippen molar-refractivity contribution in [3.05, 3.63) is 63.8 Å². The molecule has 1 N–H and O–H groups in total. The summed E-state index contributed by atoms with van der Waals surface area (Å²) in [4.78, 5) is 28.5. The number of nitrogens with zero attached hydrogens (tertiary/aromatic N) is 2. The van der Waals surface area contributed by atoms with Crippen molar-refractivity contribution in [3.63, 3.8) is 0 Å². The lowest BCUT2D eigenvalue weighted by Gasteiger charge is -2.17. The van der Waals surface area contributed by atoms with Crippen LogP contribution in [0.2, 0.25) is 0 Å². The molecule has 0 fully saturated rings. The van der Waals surface area contributed by atoms with Gasteiger partial charge in [0.05, 0.1) is 11.7 Å². The first-order valence-corrected chi connectivity index (χ1v) is 7.49. The van der Waals surface area contributed by atoms with E-state index in [0.717, 1.165) is 17.7 Å². The molecule has 1 atom stereocenters. The molecule has 0 saturated heterocycles. The van der Waals surface area contributed by atoms with Gasteiger partial charge >= 0.3 is 0 Å². The lowest BCUT2D eigenvalue weighted by molar-refractivity contribution is 0.0934. The molecule has 0 aromatic carbocycles. The molecule has 22 heavy (non-hydrogen) atoms. The number of aryl methyl sites for hydroxylation is 2. The SMILES string of the molecule is CCC(NC(=O)c1ccn(CC)c(=O)c1)c1ccc(C)cn1. The molecule has 2 heterocycles. The predicted molar refractivity (Wildman–Crippen MR) is 85.8 cm³/mol. The number of hydrogen-bond acceptors (Lipinski definition) is 3. The molecule has 5 nitrogen and oxygen atoms in total.